The van der Waals surface area contributed by atoms with Gasteiger partial charge in [0.25, 0.3) is 0 Å². The molecule has 0 aliphatic heterocycles. The van der Waals surface area contributed by atoms with Gasteiger partial charge < -0.3 is 4.57 Å². The molecule has 0 spiro atoms. The monoisotopic (exact) mass is 245 g/mol. The normalized spacial score (nSPS) is 12.5. The van der Waals surface area contributed by atoms with Crippen molar-refractivity contribution in [2.75, 3.05) is 0 Å². The molecule has 0 atom stereocenters. The van der Waals surface area contributed by atoms with E-state index in [2.05, 4.69) is 10.2 Å². The van der Waals surface area contributed by atoms with Gasteiger partial charge in [0.1, 0.15) is 5.82 Å². The maximum atomic E-state index is 13.0. The van der Waals surface area contributed by atoms with Gasteiger partial charge in [0, 0.05) is 6.54 Å². The lowest BCUT2D eigenvalue weighted by Crippen LogP contribution is -2.28. The first kappa shape index (κ1) is 12.2. The second-order valence-electron chi connectivity index (χ2n) is 2.74. The molecule has 3 nitrogen and oxygen atoms in total. The van der Waals surface area contributed by atoms with Crippen LogP contribution in [0.5, 0.6) is 0 Å². The molecule has 0 fully saturated rings. The predicted molar refractivity (Wildman–Crippen MR) is 45.2 cm³/mol. The Kier molecular flexibility index (Phi) is 3.54. The Morgan fingerprint density at radius 1 is 1.40 bits per heavy atom. The van der Waals surface area contributed by atoms with Crippen molar-refractivity contribution >= 4 is 11.6 Å². The van der Waals surface area contributed by atoms with E-state index in [1.165, 1.54) is 6.92 Å². The van der Waals surface area contributed by atoms with Crippen molar-refractivity contribution in [1.29, 1.82) is 0 Å². The summed E-state index contributed by atoms with van der Waals surface area (Å²) in [6, 6.07) is 0. The lowest BCUT2D eigenvalue weighted by molar-refractivity contribution is -0.143. The van der Waals surface area contributed by atoms with Crippen LogP contribution in [-0.2, 0) is 18.3 Å². The van der Waals surface area contributed by atoms with Crippen LogP contribution >= 0.6 is 11.6 Å². The molecule has 0 aromatic carbocycles. The minimum absolute atomic E-state index is 0.0505. The van der Waals surface area contributed by atoms with Crippen molar-refractivity contribution in [3.63, 3.8) is 0 Å². The van der Waals surface area contributed by atoms with Gasteiger partial charge in [-0.1, -0.05) is 0 Å². The second-order valence-corrected chi connectivity index (χ2v) is 3.01. The van der Waals surface area contributed by atoms with Gasteiger partial charge in [-0.2, -0.15) is 8.78 Å². The van der Waals surface area contributed by atoms with Crippen LogP contribution in [0, 0.1) is 0 Å². The number of rotatable bonds is 4. The molecule has 0 saturated heterocycles. The molecule has 0 amide bonds. The topological polar surface area (TPSA) is 30.7 Å². The van der Waals surface area contributed by atoms with E-state index >= 15 is 0 Å². The van der Waals surface area contributed by atoms with Gasteiger partial charge in [0.05, 0.1) is 5.88 Å². The van der Waals surface area contributed by atoms with Gasteiger partial charge in [0.2, 0.25) is 5.82 Å². The van der Waals surface area contributed by atoms with E-state index in [4.69, 9.17) is 11.6 Å². The zero-order chi connectivity index (χ0) is 11.6. The average molecular weight is 246 g/mol. The van der Waals surface area contributed by atoms with Crippen LogP contribution in [0.15, 0.2) is 0 Å². The molecule has 1 aromatic heterocycles. The molecule has 0 bridgehead atoms. The van der Waals surface area contributed by atoms with Crippen molar-refractivity contribution in [2.24, 2.45) is 0 Å². The molecule has 0 aliphatic carbocycles. The highest BCUT2D eigenvalue weighted by Gasteiger charge is 2.47. The first-order valence-corrected chi connectivity index (χ1v) is 4.63. The summed E-state index contributed by atoms with van der Waals surface area (Å²) in [6.07, 6.45) is -3.81. The third-order valence-corrected chi connectivity index (χ3v) is 2.07. The number of aromatic nitrogens is 3. The van der Waals surface area contributed by atoms with Crippen molar-refractivity contribution in [1.82, 2.24) is 14.8 Å². The number of halogens is 5. The summed E-state index contributed by atoms with van der Waals surface area (Å²) in [5.74, 6) is -5.45. The van der Waals surface area contributed by atoms with Crippen LogP contribution in [0.2, 0.25) is 0 Å². The van der Waals surface area contributed by atoms with Crippen LogP contribution in [0.4, 0.5) is 17.6 Å². The Morgan fingerprint density at radius 2 is 2.00 bits per heavy atom. The molecule has 8 heteroatoms. The van der Waals surface area contributed by atoms with Gasteiger partial charge in [-0.25, -0.2) is 8.78 Å². The van der Waals surface area contributed by atoms with Crippen LogP contribution in [0.1, 0.15) is 18.6 Å². The van der Waals surface area contributed by atoms with E-state index in [9.17, 15) is 17.6 Å². The van der Waals surface area contributed by atoms with Crippen molar-refractivity contribution in [2.45, 2.75) is 31.7 Å². The zero-order valence-electron chi connectivity index (χ0n) is 7.72. The highest BCUT2D eigenvalue weighted by molar-refractivity contribution is 6.16. The number of hydrogen-bond acceptors (Lipinski definition) is 2. The summed E-state index contributed by atoms with van der Waals surface area (Å²) in [5, 5.41) is 6.37. The van der Waals surface area contributed by atoms with Crippen molar-refractivity contribution < 1.29 is 17.6 Å². The van der Waals surface area contributed by atoms with Gasteiger partial charge in [-0.15, -0.1) is 21.8 Å². The third kappa shape index (κ3) is 2.06. The van der Waals surface area contributed by atoms with Crippen molar-refractivity contribution in [3.8, 4) is 0 Å². The summed E-state index contributed by atoms with van der Waals surface area (Å²) in [5.41, 5.74) is 0. The van der Waals surface area contributed by atoms with Crippen molar-refractivity contribution in [3.05, 3.63) is 11.6 Å². The molecular weight excluding hydrogens is 238 g/mol. The largest absolute Gasteiger partial charge is 0.365 e. The van der Waals surface area contributed by atoms with Gasteiger partial charge in [0.15, 0.2) is 0 Å². The predicted octanol–water partition coefficient (Wildman–Crippen LogP) is 2.39. The fourth-order valence-electron chi connectivity index (χ4n) is 1.11. The molecule has 0 N–H and O–H groups in total. The molecule has 0 saturated carbocycles. The summed E-state index contributed by atoms with van der Waals surface area (Å²) in [6.45, 7) is 1.58. The summed E-state index contributed by atoms with van der Waals surface area (Å²) >= 11 is 5.40. The Bertz CT molecular complexity index is 339. The maximum Gasteiger partial charge on any atom is 0.365 e. The molecule has 1 aromatic rings. The third-order valence-electron chi connectivity index (χ3n) is 1.84. The maximum absolute atomic E-state index is 13.0. The van der Waals surface area contributed by atoms with Crippen LogP contribution in [0.3, 0.4) is 0 Å². The molecule has 1 heterocycles. The van der Waals surface area contributed by atoms with Gasteiger partial charge in [-0.3, -0.25) is 0 Å². The Hall–Kier alpha value is -0.850. The summed E-state index contributed by atoms with van der Waals surface area (Å²) in [4.78, 5) is 0. The van der Waals surface area contributed by atoms with E-state index in [0.29, 0.717) is 0 Å². The SMILES string of the molecule is CCn1c(CCl)nnc1C(F)(F)C(F)F. The summed E-state index contributed by atoms with van der Waals surface area (Å²) in [7, 11) is 0. The average Bonchev–Trinajstić information content (AvgIpc) is 2.60. The Morgan fingerprint density at radius 3 is 2.40 bits per heavy atom. The molecule has 0 aliphatic rings. The van der Waals surface area contributed by atoms with Gasteiger partial charge in [-0.05, 0) is 6.92 Å². The molecule has 1 rings (SSSR count). The molecule has 86 valence electrons. The fraction of sp³-hybridized carbons (Fsp3) is 0.714. The lowest BCUT2D eigenvalue weighted by Gasteiger charge is -2.15. The quantitative estimate of drug-likeness (QED) is 0.602. The number of hydrogen-bond donors (Lipinski definition) is 0. The first-order chi connectivity index (χ1) is 6.95. The van der Waals surface area contributed by atoms with Crippen LogP contribution in [-0.4, -0.2) is 21.2 Å². The summed E-state index contributed by atoms with van der Waals surface area (Å²) < 4.78 is 50.9. The first-order valence-electron chi connectivity index (χ1n) is 4.09. The lowest BCUT2D eigenvalue weighted by atomic mass is 10.3. The zero-order valence-corrected chi connectivity index (χ0v) is 8.48. The standard InChI is InChI=1S/C7H8ClF4N3/c1-2-15-4(3-8)13-14-6(15)7(11,12)5(9)10/h5H,2-3H2,1H3. The van der Waals surface area contributed by atoms with E-state index in [1.54, 1.807) is 0 Å². The molecule has 0 unspecified atom stereocenters. The van der Waals surface area contributed by atoms with E-state index in [1.807, 2.05) is 0 Å². The second kappa shape index (κ2) is 4.34. The minimum Gasteiger partial charge on any atom is -0.309 e. The minimum atomic E-state index is -4.30. The molecular formula is C7H8ClF4N3. The number of nitrogens with zero attached hydrogens (tertiary/aromatic N) is 3. The van der Waals surface area contributed by atoms with E-state index in [0.717, 1.165) is 4.57 Å². The van der Waals surface area contributed by atoms with Crippen LogP contribution in [0.25, 0.3) is 0 Å². The smallest absolute Gasteiger partial charge is 0.309 e. The fourth-order valence-corrected chi connectivity index (χ4v) is 1.31. The van der Waals surface area contributed by atoms with Crippen LogP contribution < -0.4 is 0 Å². The Labute approximate surface area is 88.0 Å². The van der Waals surface area contributed by atoms with Gasteiger partial charge >= 0.3 is 12.3 Å². The van der Waals surface area contributed by atoms with E-state index < -0.39 is 18.2 Å². The molecule has 15 heavy (non-hydrogen) atoms. The highest BCUT2D eigenvalue weighted by Crippen LogP contribution is 2.33. The molecule has 0 radical (unpaired) electrons. The Balaban J connectivity index is 3.19. The van der Waals surface area contributed by atoms with E-state index in [-0.39, 0.29) is 18.2 Å². The number of alkyl halides is 5. The highest BCUT2D eigenvalue weighted by atomic mass is 35.5.